The molecule has 2 aromatic rings. The summed E-state index contributed by atoms with van der Waals surface area (Å²) in [5.74, 6) is 0. The van der Waals surface area contributed by atoms with Crippen molar-refractivity contribution < 1.29 is 4.43 Å². The molecule has 0 aliphatic heterocycles. The fraction of sp³-hybridized carbons (Fsp3) is 0.417. The Labute approximate surface area is 161 Å². The Morgan fingerprint density at radius 1 is 0.808 bits per heavy atom. The lowest BCUT2D eigenvalue weighted by Crippen LogP contribution is -2.36. The van der Waals surface area contributed by atoms with E-state index < -0.39 is 8.32 Å². The highest BCUT2D eigenvalue weighted by atomic mass is 28.4. The van der Waals surface area contributed by atoms with Gasteiger partial charge in [0.2, 0.25) is 0 Å². The summed E-state index contributed by atoms with van der Waals surface area (Å²) in [4.78, 5) is 0. The van der Waals surface area contributed by atoms with Crippen LogP contribution in [0.15, 0.2) is 60.7 Å². The van der Waals surface area contributed by atoms with E-state index >= 15 is 0 Å². The predicted octanol–water partition coefficient (Wildman–Crippen LogP) is 7.56. The first-order valence-corrected chi connectivity index (χ1v) is 12.7. The molecule has 0 unspecified atom stereocenters. The van der Waals surface area contributed by atoms with Crippen LogP contribution in [0.4, 0.5) is 0 Å². The molecule has 2 aromatic carbocycles. The molecule has 140 valence electrons. The molecule has 0 aliphatic rings. The van der Waals surface area contributed by atoms with Gasteiger partial charge >= 0.3 is 0 Å². The molecule has 0 radical (unpaired) electrons. The number of hydrogen-bond donors (Lipinski definition) is 0. The van der Waals surface area contributed by atoms with E-state index in [9.17, 15) is 0 Å². The van der Waals surface area contributed by atoms with Gasteiger partial charge in [-0.15, -0.1) is 0 Å². The van der Waals surface area contributed by atoms with E-state index in [4.69, 9.17) is 4.43 Å². The molecule has 0 saturated carbocycles. The predicted molar refractivity (Wildman–Crippen MR) is 118 cm³/mol. The molecule has 0 atom stereocenters. The molecule has 0 spiro atoms. The molecular weight excluding hydrogens is 332 g/mol. The van der Waals surface area contributed by atoms with Crippen LogP contribution in [0.2, 0.25) is 18.1 Å². The van der Waals surface area contributed by atoms with Gasteiger partial charge in [-0.25, -0.2) is 0 Å². The lowest BCUT2D eigenvalue weighted by atomic mass is 9.98. The first-order chi connectivity index (χ1) is 12.7. The normalized spacial score (nSPS) is 12.4. The smallest absolute Gasteiger partial charge is 0.191 e. The van der Waals surface area contributed by atoms with Crippen LogP contribution in [0.3, 0.4) is 0 Å². The van der Waals surface area contributed by atoms with Crippen molar-refractivity contribution in [3.8, 4) is 11.1 Å². The summed E-state index contributed by atoms with van der Waals surface area (Å²) in [5, 5.41) is 0. The minimum Gasteiger partial charge on any atom is -0.416 e. The number of rotatable bonds is 10. The molecule has 2 heteroatoms. The maximum Gasteiger partial charge on any atom is 0.191 e. The van der Waals surface area contributed by atoms with Crippen molar-refractivity contribution in [1.82, 2.24) is 0 Å². The van der Waals surface area contributed by atoms with E-state index in [0.29, 0.717) is 0 Å². The molecule has 0 aliphatic carbocycles. The minimum absolute atomic E-state index is 0.855. The molecule has 26 heavy (non-hydrogen) atoms. The van der Waals surface area contributed by atoms with Gasteiger partial charge in [-0.3, -0.25) is 0 Å². The Morgan fingerprint density at radius 3 is 1.92 bits per heavy atom. The zero-order valence-electron chi connectivity index (χ0n) is 16.9. The van der Waals surface area contributed by atoms with Crippen LogP contribution in [0.1, 0.15) is 46.1 Å². The van der Waals surface area contributed by atoms with Gasteiger partial charge in [0.05, 0.1) is 0 Å². The first-order valence-electron chi connectivity index (χ1n) is 10.2. The number of hydrogen-bond acceptors (Lipinski definition) is 1. The summed E-state index contributed by atoms with van der Waals surface area (Å²) >= 11 is 0. The van der Waals surface area contributed by atoms with Gasteiger partial charge < -0.3 is 4.43 Å². The first kappa shape index (κ1) is 20.7. The monoisotopic (exact) mass is 366 g/mol. The summed E-state index contributed by atoms with van der Waals surface area (Å²) in [5.41, 5.74) is 5.29. The van der Waals surface area contributed by atoms with Crippen LogP contribution in [0.5, 0.6) is 0 Å². The highest BCUT2D eigenvalue weighted by Gasteiger charge is 2.28. The average molecular weight is 367 g/mol. The van der Waals surface area contributed by atoms with Crippen molar-refractivity contribution in [2.75, 3.05) is 6.61 Å². The number of allylic oxidation sites excluding steroid dienone is 1. The van der Waals surface area contributed by atoms with Gasteiger partial charge in [-0.05, 0) is 53.2 Å². The fourth-order valence-electron chi connectivity index (χ4n) is 3.55. The molecule has 0 fully saturated rings. The molecule has 0 saturated heterocycles. The van der Waals surface area contributed by atoms with E-state index in [2.05, 4.69) is 88.4 Å². The summed E-state index contributed by atoms with van der Waals surface area (Å²) in [7, 11) is -1.49. The second kappa shape index (κ2) is 10.5. The summed E-state index contributed by atoms with van der Waals surface area (Å²) in [6, 6.07) is 23.2. The molecule has 2 rings (SSSR count). The number of benzene rings is 2. The second-order valence-corrected chi connectivity index (χ2v) is 11.7. The molecular formula is C24H34OSi. The van der Waals surface area contributed by atoms with Crippen molar-refractivity contribution >= 4 is 13.9 Å². The van der Waals surface area contributed by atoms with E-state index in [-0.39, 0.29) is 0 Å². The van der Waals surface area contributed by atoms with Crippen LogP contribution < -0.4 is 0 Å². The van der Waals surface area contributed by atoms with E-state index in [1.54, 1.807) is 0 Å². The summed E-state index contributed by atoms with van der Waals surface area (Å²) < 4.78 is 6.47. The van der Waals surface area contributed by atoms with Gasteiger partial charge in [0, 0.05) is 6.61 Å². The van der Waals surface area contributed by atoms with Crippen molar-refractivity contribution in [3.05, 3.63) is 66.2 Å². The molecule has 0 aromatic heterocycles. The lowest BCUT2D eigenvalue weighted by molar-refractivity contribution is 0.308. The average Bonchev–Trinajstić information content (AvgIpc) is 2.72. The lowest BCUT2D eigenvalue weighted by Gasteiger charge is -2.28. The van der Waals surface area contributed by atoms with Crippen molar-refractivity contribution in [2.45, 2.75) is 58.7 Å². The zero-order valence-corrected chi connectivity index (χ0v) is 17.9. The zero-order chi connectivity index (χ0) is 18.8. The van der Waals surface area contributed by atoms with Crippen LogP contribution in [-0.4, -0.2) is 14.9 Å². The Bertz CT molecular complexity index is 661. The molecule has 0 bridgehead atoms. The SMILES string of the molecule is CC/C=C(/CCO[Si](CC)(CC)CC)c1ccc(-c2ccccc2)cc1. The van der Waals surface area contributed by atoms with E-state index in [0.717, 1.165) is 19.4 Å². The minimum atomic E-state index is -1.49. The Balaban J connectivity index is 2.07. The molecule has 0 amide bonds. The van der Waals surface area contributed by atoms with Gasteiger partial charge in [-0.1, -0.05) is 88.4 Å². The topological polar surface area (TPSA) is 9.23 Å². The maximum atomic E-state index is 6.47. The summed E-state index contributed by atoms with van der Waals surface area (Å²) in [6.45, 7) is 9.95. The van der Waals surface area contributed by atoms with Gasteiger partial charge in [0.15, 0.2) is 8.32 Å². The molecule has 0 heterocycles. The van der Waals surface area contributed by atoms with Gasteiger partial charge in [0.1, 0.15) is 0 Å². The van der Waals surface area contributed by atoms with Crippen LogP contribution >= 0.6 is 0 Å². The van der Waals surface area contributed by atoms with Crippen LogP contribution in [-0.2, 0) is 4.43 Å². The Morgan fingerprint density at radius 2 is 1.38 bits per heavy atom. The third-order valence-corrected chi connectivity index (χ3v) is 10.2. The van der Waals surface area contributed by atoms with Crippen molar-refractivity contribution in [2.24, 2.45) is 0 Å². The maximum absolute atomic E-state index is 6.47. The van der Waals surface area contributed by atoms with E-state index in [1.807, 2.05) is 0 Å². The van der Waals surface area contributed by atoms with Crippen LogP contribution in [0, 0.1) is 0 Å². The molecule has 1 nitrogen and oxygen atoms in total. The molecule has 0 N–H and O–H groups in total. The van der Waals surface area contributed by atoms with Crippen molar-refractivity contribution in [1.29, 1.82) is 0 Å². The largest absolute Gasteiger partial charge is 0.416 e. The van der Waals surface area contributed by atoms with Crippen LogP contribution in [0.25, 0.3) is 16.7 Å². The fourth-order valence-corrected chi connectivity index (χ4v) is 6.20. The third kappa shape index (κ3) is 5.42. The van der Waals surface area contributed by atoms with E-state index in [1.165, 1.54) is 40.4 Å². The highest BCUT2D eigenvalue weighted by molar-refractivity contribution is 6.73. The van der Waals surface area contributed by atoms with Crippen molar-refractivity contribution in [3.63, 3.8) is 0 Å². The standard InChI is InChI=1S/C24H34OSi/c1-5-12-21(19-20-25-26(6-2,7-3)8-4)23-15-17-24(18-16-23)22-13-10-9-11-14-22/h9-18H,5-8,19-20H2,1-4H3/b21-12-. The summed E-state index contributed by atoms with van der Waals surface area (Å²) in [6.07, 6.45) is 4.43. The van der Waals surface area contributed by atoms with Gasteiger partial charge in [0.25, 0.3) is 0 Å². The Kier molecular flexibility index (Phi) is 8.34. The quantitative estimate of drug-likeness (QED) is 0.394. The third-order valence-electron chi connectivity index (χ3n) is 5.53. The highest BCUT2D eigenvalue weighted by Crippen LogP contribution is 2.26. The van der Waals surface area contributed by atoms with Gasteiger partial charge in [-0.2, -0.15) is 0 Å². The second-order valence-electron chi connectivity index (χ2n) is 6.92. The Hall–Kier alpha value is -1.64.